The van der Waals surface area contributed by atoms with Crippen LogP contribution in [0.2, 0.25) is 0 Å². The minimum absolute atomic E-state index is 0.0905. The van der Waals surface area contributed by atoms with Gasteiger partial charge in [0.05, 0.1) is 17.4 Å². The van der Waals surface area contributed by atoms with Gasteiger partial charge in [-0.3, -0.25) is 4.79 Å². The molecular weight excluding hydrogens is 259 g/mol. The van der Waals surface area contributed by atoms with Gasteiger partial charge in [-0.15, -0.1) is 5.10 Å². The van der Waals surface area contributed by atoms with Crippen LogP contribution in [-0.4, -0.2) is 32.3 Å². The second-order valence-electron chi connectivity index (χ2n) is 5.09. The highest BCUT2D eigenvalue weighted by Crippen LogP contribution is 2.31. The molecule has 3 rings (SSSR count). The molecule has 0 N–H and O–H groups in total. The molecule has 1 aliphatic rings. The fraction of sp³-hybridized carbons (Fsp3) is 0.357. The highest BCUT2D eigenvalue weighted by Gasteiger charge is 2.32. The minimum atomic E-state index is -0.281. The van der Waals surface area contributed by atoms with Crippen molar-refractivity contribution >= 4 is 6.41 Å². The lowest BCUT2D eigenvalue weighted by atomic mass is 9.98. The summed E-state index contributed by atoms with van der Waals surface area (Å²) in [6.07, 6.45) is 1.54. The van der Waals surface area contributed by atoms with E-state index in [9.17, 15) is 9.18 Å². The monoisotopic (exact) mass is 274 g/mol. The van der Waals surface area contributed by atoms with E-state index in [4.69, 9.17) is 0 Å². The Morgan fingerprint density at radius 2 is 2.00 bits per heavy atom. The van der Waals surface area contributed by atoms with Gasteiger partial charge in [0.15, 0.2) is 0 Å². The van der Waals surface area contributed by atoms with Crippen LogP contribution >= 0.6 is 0 Å². The summed E-state index contributed by atoms with van der Waals surface area (Å²) in [5.74, 6) is -0.281. The summed E-state index contributed by atoms with van der Waals surface area (Å²) in [7, 11) is 0. The van der Waals surface area contributed by atoms with E-state index in [1.54, 1.807) is 21.7 Å². The summed E-state index contributed by atoms with van der Waals surface area (Å²) in [4.78, 5) is 12.9. The van der Waals surface area contributed by atoms with Crippen LogP contribution in [0.15, 0.2) is 24.3 Å². The van der Waals surface area contributed by atoms with Crippen molar-refractivity contribution in [2.75, 3.05) is 0 Å². The first-order chi connectivity index (χ1) is 9.61. The molecule has 104 valence electrons. The number of aromatic nitrogens is 3. The predicted octanol–water partition coefficient (Wildman–Crippen LogP) is 1.87. The first kappa shape index (κ1) is 12.8. The van der Waals surface area contributed by atoms with E-state index < -0.39 is 0 Å². The Bertz CT molecular complexity index is 637. The Balaban J connectivity index is 2.05. The molecule has 0 radical (unpaired) electrons. The summed E-state index contributed by atoms with van der Waals surface area (Å²) in [5, 5.41) is 8.34. The highest BCUT2D eigenvalue weighted by molar-refractivity contribution is 5.51. The third-order valence-corrected chi connectivity index (χ3v) is 3.83. The molecule has 2 heterocycles. The first-order valence-corrected chi connectivity index (χ1v) is 6.55. The van der Waals surface area contributed by atoms with Crippen LogP contribution in [-0.2, 0) is 11.2 Å². The molecule has 0 fully saturated rings. The molecule has 0 saturated carbocycles. The van der Waals surface area contributed by atoms with E-state index in [1.165, 1.54) is 12.1 Å². The molecule has 1 amide bonds. The molecule has 2 aromatic rings. The zero-order valence-electron chi connectivity index (χ0n) is 11.3. The fourth-order valence-electron chi connectivity index (χ4n) is 2.72. The van der Waals surface area contributed by atoms with E-state index in [0.717, 1.165) is 23.5 Å². The second kappa shape index (κ2) is 4.70. The fourth-order valence-corrected chi connectivity index (χ4v) is 2.72. The average Bonchev–Trinajstić information content (AvgIpc) is 2.84. The van der Waals surface area contributed by atoms with E-state index in [2.05, 4.69) is 10.3 Å². The summed E-state index contributed by atoms with van der Waals surface area (Å²) >= 11 is 0. The Labute approximate surface area is 116 Å². The van der Waals surface area contributed by atoms with E-state index >= 15 is 0 Å². The summed E-state index contributed by atoms with van der Waals surface area (Å²) in [6.45, 7) is 3.93. The number of nitrogens with zero attached hydrogens (tertiary/aromatic N) is 4. The maximum Gasteiger partial charge on any atom is 0.210 e. The molecule has 20 heavy (non-hydrogen) atoms. The van der Waals surface area contributed by atoms with E-state index in [-0.39, 0.29) is 17.9 Å². The molecule has 1 aliphatic heterocycles. The predicted molar refractivity (Wildman–Crippen MR) is 70.8 cm³/mol. The maximum absolute atomic E-state index is 13.0. The molecule has 5 nitrogen and oxygen atoms in total. The van der Waals surface area contributed by atoms with Gasteiger partial charge in [0.2, 0.25) is 6.41 Å². The Hall–Kier alpha value is -2.24. The molecule has 1 aromatic heterocycles. The minimum Gasteiger partial charge on any atom is -0.334 e. The number of hydrogen-bond acceptors (Lipinski definition) is 3. The molecular formula is C14H15FN4O. The molecule has 0 spiro atoms. The number of halogens is 1. The lowest BCUT2D eigenvalue weighted by Crippen LogP contribution is -2.40. The molecule has 0 saturated heterocycles. The molecule has 2 atom stereocenters. The second-order valence-corrected chi connectivity index (χ2v) is 5.09. The smallest absolute Gasteiger partial charge is 0.210 e. The molecule has 1 aromatic carbocycles. The molecule has 2 unspecified atom stereocenters. The first-order valence-electron chi connectivity index (χ1n) is 6.55. The molecule has 6 heteroatoms. The van der Waals surface area contributed by atoms with Crippen molar-refractivity contribution in [2.24, 2.45) is 0 Å². The van der Waals surface area contributed by atoms with Gasteiger partial charge >= 0.3 is 0 Å². The van der Waals surface area contributed by atoms with Gasteiger partial charge in [0.1, 0.15) is 11.5 Å². The van der Waals surface area contributed by atoms with Gasteiger partial charge in [-0.2, -0.15) is 0 Å². The largest absolute Gasteiger partial charge is 0.334 e. The van der Waals surface area contributed by atoms with Gasteiger partial charge in [-0.05, 0) is 38.1 Å². The van der Waals surface area contributed by atoms with Crippen molar-refractivity contribution in [3.05, 3.63) is 41.5 Å². The van der Waals surface area contributed by atoms with Crippen LogP contribution in [0.3, 0.4) is 0 Å². The number of rotatable bonds is 2. The quantitative estimate of drug-likeness (QED) is 0.786. The summed E-state index contributed by atoms with van der Waals surface area (Å²) in [5.41, 5.74) is 2.56. The highest BCUT2D eigenvalue weighted by atomic mass is 19.1. The lowest BCUT2D eigenvalue weighted by molar-refractivity contribution is -0.122. The number of carbonyl (C=O) groups excluding carboxylic acids is 1. The number of benzene rings is 1. The average molecular weight is 274 g/mol. The van der Waals surface area contributed by atoms with Gasteiger partial charge in [0, 0.05) is 12.5 Å². The SMILES string of the molecule is CC1Cc2c(nnn2-c2ccc(F)cc2)C(C)N1C=O. The van der Waals surface area contributed by atoms with Crippen LogP contribution in [0, 0.1) is 5.82 Å². The number of carbonyl (C=O) groups is 1. The van der Waals surface area contributed by atoms with Gasteiger partial charge in [0.25, 0.3) is 0 Å². The number of hydrogen-bond donors (Lipinski definition) is 0. The maximum atomic E-state index is 13.0. The van der Waals surface area contributed by atoms with Crippen LogP contribution in [0.25, 0.3) is 5.69 Å². The van der Waals surface area contributed by atoms with Crippen LogP contribution in [0.1, 0.15) is 31.3 Å². The van der Waals surface area contributed by atoms with Crippen molar-refractivity contribution in [1.82, 2.24) is 19.9 Å². The van der Waals surface area contributed by atoms with E-state index in [1.807, 2.05) is 13.8 Å². The Morgan fingerprint density at radius 1 is 1.30 bits per heavy atom. The zero-order chi connectivity index (χ0) is 14.3. The lowest BCUT2D eigenvalue weighted by Gasteiger charge is -2.35. The van der Waals surface area contributed by atoms with Crippen molar-refractivity contribution in [1.29, 1.82) is 0 Å². The molecule has 0 bridgehead atoms. The van der Waals surface area contributed by atoms with Gasteiger partial charge < -0.3 is 4.90 Å². The van der Waals surface area contributed by atoms with Crippen molar-refractivity contribution < 1.29 is 9.18 Å². The topological polar surface area (TPSA) is 51.0 Å². The van der Waals surface area contributed by atoms with Crippen molar-refractivity contribution in [3.63, 3.8) is 0 Å². The number of fused-ring (bicyclic) bond motifs is 1. The van der Waals surface area contributed by atoms with E-state index in [0.29, 0.717) is 6.42 Å². The van der Waals surface area contributed by atoms with Crippen LogP contribution in [0.5, 0.6) is 0 Å². The van der Waals surface area contributed by atoms with Crippen molar-refractivity contribution in [3.8, 4) is 5.69 Å². The summed E-state index contributed by atoms with van der Waals surface area (Å²) in [6, 6.07) is 6.14. The number of amides is 1. The Morgan fingerprint density at radius 3 is 2.65 bits per heavy atom. The standard InChI is InChI=1S/C14H15FN4O/c1-9-7-13-14(10(2)18(9)8-20)16-17-19(13)12-5-3-11(15)4-6-12/h3-6,8-10H,7H2,1-2H3. The van der Waals surface area contributed by atoms with Crippen LogP contribution < -0.4 is 0 Å². The normalized spacial score (nSPS) is 21.6. The molecule has 0 aliphatic carbocycles. The third kappa shape index (κ3) is 1.88. The summed E-state index contributed by atoms with van der Waals surface area (Å²) < 4.78 is 14.7. The van der Waals surface area contributed by atoms with Gasteiger partial charge in [-0.1, -0.05) is 5.21 Å². The third-order valence-electron chi connectivity index (χ3n) is 3.83. The zero-order valence-corrected chi connectivity index (χ0v) is 11.3. The van der Waals surface area contributed by atoms with Gasteiger partial charge in [-0.25, -0.2) is 9.07 Å². The Kier molecular flexibility index (Phi) is 3.00. The van der Waals surface area contributed by atoms with Crippen LogP contribution in [0.4, 0.5) is 4.39 Å². The van der Waals surface area contributed by atoms with Crippen molar-refractivity contribution in [2.45, 2.75) is 32.4 Å².